The summed E-state index contributed by atoms with van der Waals surface area (Å²) in [4.78, 5) is 23.8. The summed E-state index contributed by atoms with van der Waals surface area (Å²) < 4.78 is 5.19. The number of hydrogen-bond acceptors (Lipinski definition) is 6. The van der Waals surface area contributed by atoms with Crippen LogP contribution in [0, 0.1) is 10.1 Å². The van der Waals surface area contributed by atoms with Crippen molar-refractivity contribution in [1.29, 1.82) is 0 Å². The second-order valence-electron chi connectivity index (χ2n) is 4.47. The van der Waals surface area contributed by atoms with Gasteiger partial charge in [0.05, 0.1) is 18.1 Å². The summed E-state index contributed by atoms with van der Waals surface area (Å²) in [7, 11) is 0. The highest BCUT2D eigenvalue weighted by atomic mass is 32.1. The van der Waals surface area contributed by atoms with E-state index in [1.165, 1.54) is 0 Å². The molecular formula is C12H17N3O4S. The summed E-state index contributed by atoms with van der Waals surface area (Å²) >= 11 is 1.12. The summed E-state index contributed by atoms with van der Waals surface area (Å²) in [5.41, 5.74) is 0.875. The lowest BCUT2D eigenvalue weighted by Gasteiger charge is -2.26. The standard InChI is InChI=1S/C12H17N3O4S/c16-11(14-3-5-19-6-4-14)1-2-13-8-10-7-12(15(17)18)20-9-10/h7,9,13H,1-6,8H2. The molecule has 1 amide bonds. The number of amides is 1. The molecule has 1 aromatic rings. The van der Waals surface area contributed by atoms with E-state index >= 15 is 0 Å². The molecule has 0 bridgehead atoms. The number of morpholine rings is 1. The number of ether oxygens (including phenoxy) is 1. The van der Waals surface area contributed by atoms with Gasteiger partial charge in [0, 0.05) is 44.0 Å². The molecule has 0 unspecified atom stereocenters. The Morgan fingerprint density at radius 3 is 2.90 bits per heavy atom. The highest BCUT2D eigenvalue weighted by molar-refractivity contribution is 7.13. The van der Waals surface area contributed by atoms with Crippen LogP contribution in [-0.4, -0.2) is 48.6 Å². The van der Waals surface area contributed by atoms with Crippen molar-refractivity contribution in [2.24, 2.45) is 0 Å². The maximum absolute atomic E-state index is 11.8. The number of hydrogen-bond donors (Lipinski definition) is 1. The second kappa shape index (κ2) is 7.32. The molecule has 0 aromatic carbocycles. The molecule has 2 rings (SSSR count). The van der Waals surface area contributed by atoms with Crippen molar-refractivity contribution in [3.8, 4) is 0 Å². The van der Waals surface area contributed by atoms with Crippen LogP contribution < -0.4 is 5.32 Å². The van der Waals surface area contributed by atoms with Crippen LogP contribution in [0.2, 0.25) is 0 Å². The van der Waals surface area contributed by atoms with E-state index in [2.05, 4.69) is 5.32 Å². The van der Waals surface area contributed by atoms with Gasteiger partial charge >= 0.3 is 5.00 Å². The quantitative estimate of drug-likeness (QED) is 0.481. The van der Waals surface area contributed by atoms with Crippen LogP contribution in [0.15, 0.2) is 11.4 Å². The lowest BCUT2D eigenvalue weighted by molar-refractivity contribution is -0.380. The van der Waals surface area contributed by atoms with Crippen molar-refractivity contribution in [3.05, 3.63) is 27.1 Å². The van der Waals surface area contributed by atoms with Crippen molar-refractivity contribution in [3.63, 3.8) is 0 Å². The number of thiophene rings is 1. The molecule has 1 aliphatic rings. The third-order valence-electron chi connectivity index (χ3n) is 3.03. The van der Waals surface area contributed by atoms with Gasteiger partial charge in [-0.1, -0.05) is 11.3 Å². The first kappa shape index (κ1) is 14.9. The number of nitrogens with zero attached hydrogens (tertiary/aromatic N) is 2. The van der Waals surface area contributed by atoms with E-state index in [0.717, 1.165) is 16.9 Å². The van der Waals surface area contributed by atoms with Gasteiger partial charge in [0.1, 0.15) is 0 Å². The first-order chi connectivity index (χ1) is 9.66. The molecule has 0 saturated carbocycles. The van der Waals surface area contributed by atoms with E-state index in [0.29, 0.717) is 45.8 Å². The molecule has 2 heterocycles. The van der Waals surface area contributed by atoms with E-state index in [1.54, 1.807) is 16.3 Å². The Bertz CT molecular complexity index is 471. The third kappa shape index (κ3) is 4.26. The second-order valence-corrected chi connectivity index (χ2v) is 5.36. The lowest BCUT2D eigenvalue weighted by atomic mass is 10.3. The smallest absolute Gasteiger partial charge is 0.324 e. The van der Waals surface area contributed by atoms with Gasteiger partial charge in [-0.3, -0.25) is 14.9 Å². The molecule has 0 radical (unpaired) electrons. The Morgan fingerprint density at radius 2 is 2.25 bits per heavy atom. The molecule has 0 spiro atoms. The SMILES string of the molecule is O=C(CCNCc1csc([N+](=O)[O-])c1)N1CCOCC1. The van der Waals surface area contributed by atoms with Crippen LogP contribution in [0.4, 0.5) is 5.00 Å². The molecule has 110 valence electrons. The Labute approximate surface area is 120 Å². The van der Waals surface area contributed by atoms with Crippen LogP contribution >= 0.6 is 11.3 Å². The van der Waals surface area contributed by atoms with Gasteiger partial charge in [-0.05, 0) is 5.56 Å². The van der Waals surface area contributed by atoms with Gasteiger partial charge in [-0.2, -0.15) is 0 Å². The van der Waals surface area contributed by atoms with Crippen LogP contribution in [0.5, 0.6) is 0 Å². The fourth-order valence-corrected chi connectivity index (χ4v) is 2.68. The van der Waals surface area contributed by atoms with Crippen LogP contribution in [0.25, 0.3) is 0 Å². The highest BCUT2D eigenvalue weighted by Gasteiger charge is 2.16. The average Bonchev–Trinajstić information content (AvgIpc) is 2.93. The molecule has 1 saturated heterocycles. The zero-order chi connectivity index (χ0) is 14.4. The fraction of sp³-hybridized carbons (Fsp3) is 0.583. The van der Waals surface area contributed by atoms with E-state index in [1.807, 2.05) is 0 Å². The molecule has 0 atom stereocenters. The van der Waals surface area contributed by atoms with Gasteiger partial charge in [-0.15, -0.1) is 0 Å². The zero-order valence-electron chi connectivity index (χ0n) is 11.0. The molecule has 1 fully saturated rings. The van der Waals surface area contributed by atoms with Crippen molar-refractivity contribution in [1.82, 2.24) is 10.2 Å². The zero-order valence-corrected chi connectivity index (χ0v) is 11.9. The number of carbonyl (C=O) groups is 1. The predicted molar refractivity (Wildman–Crippen MR) is 74.7 cm³/mol. The summed E-state index contributed by atoms with van der Waals surface area (Å²) in [6, 6.07) is 1.56. The van der Waals surface area contributed by atoms with Gasteiger partial charge in [0.15, 0.2) is 0 Å². The molecule has 1 N–H and O–H groups in total. The summed E-state index contributed by atoms with van der Waals surface area (Å²) in [6.07, 6.45) is 0.437. The van der Waals surface area contributed by atoms with Gasteiger partial charge in [0.25, 0.3) is 0 Å². The summed E-state index contributed by atoms with van der Waals surface area (Å²) in [5.74, 6) is 0.122. The van der Waals surface area contributed by atoms with Crippen LogP contribution in [0.3, 0.4) is 0 Å². The number of carbonyl (C=O) groups excluding carboxylic acids is 1. The Balaban J connectivity index is 1.65. The molecule has 8 heteroatoms. The monoisotopic (exact) mass is 299 g/mol. The Hall–Kier alpha value is -1.51. The normalized spacial score (nSPS) is 15.3. The first-order valence-corrected chi connectivity index (χ1v) is 7.33. The molecule has 7 nitrogen and oxygen atoms in total. The molecular weight excluding hydrogens is 282 g/mol. The minimum Gasteiger partial charge on any atom is -0.378 e. The van der Waals surface area contributed by atoms with E-state index in [4.69, 9.17) is 4.74 Å². The summed E-state index contributed by atoms with van der Waals surface area (Å²) in [6.45, 7) is 3.65. The maximum Gasteiger partial charge on any atom is 0.324 e. The fourth-order valence-electron chi connectivity index (χ4n) is 1.95. The topological polar surface area (TPSA) is 84.7 Å². The maximum atomic E-state index is 11.8. The number of nitrogens with one attached hydrogen (secondary N) is 1. The van der Waals surface area contributed by atoms with Crippen LogP contribution in [0.1, 0.15) is 12.0 Å². The average molecular weight is 299 g/mol. The minimum atomic E-state index is -0.393. The van der Waals surface area contributed by atoms with E-state index in [9.17, 15) is 14.9 Å². The number of nitro groups is 1. The molecule has 20 heavy (non-hydrogen) atoms. The van der Waals surface area contributed by atoms with E-state index in [-0.39, 0.29) is 10.9 Å². The van der Waals surface area contributed by atoms with E-state index < -0.39 is 4.92 Å². The molecule has 0 aliphatic carbocycles. The molecule has 1 aliphatic heterocycles. The van der Waals surface area contributed by atoms with Gasteiger partial charge in [0.2, 0.25) is 5.91 Å². The van der Waals surface area contributed by atoms with Crippen molar-refractivity contribution in [2.75, 3.05) is 32.8 Å². The first-order valence-electron chi connectivity index (χ1n) is 6.45. The predicted octanol–water partition coefficient (Wildman–Crippen LogP) is 0.995. The number of rotatable bonds is 6. The molecule has 1 aromatic heterocycles. The third-order valence-corrected chi connectivity index (χ3v) is 3.96. The van der Waals surface area contributed by atoms with Gasteiger partial charge in [-0.25, -0.2) is 0 Å². The largest absolute Gasteiger partial charge is 0.378 e. The van der Waals surface area contributed by atoms with Crippen molar-refractivity contribution >= 4 is 22.2 Å². The Morgan fingerprint density at radius 1 is 1.50 bits per heavy atom. The van der Waals surface area contributed by atoms with Crippen molar-refractivity contribution < 1.29 is 14.5 Å². The van der Waals surface area contributed by atoms with Gasteiger partial charge < -0.3 is 15.0 Å². The highest BCUT2D eigenvalue weighted by Crippen LogP contribution is 2.22. The lowest BCUT2D eigenvalue weighted by Crippen LogP contribution is -2.41. The summed E-state index contributed by atoms with van der Waals surface area (Å²) in [5, 5.41) is 15.6. The van der Waals surface area contributed by atoms with Crippen LogP contribution in [-0.2, 0) is 16.1 Å². The minimum absolute atomic E-state index is 0.122. The van der Waals surface area contributed by atoms with Crippen molar-refractivity contribution in [2.45, 2.75) is 13.0 Å². The Kier molecular flexibility index (Phi) is 5.45.